The number of carbonyl (C=O) groups excluding carboxylic acids is 1. The number of ether oxygens (including phenoxy) is 1. The topological polar surface area (TPSA) is 82.3 Å². The quantitative estimate of drug-likeness (QED) is 0.469. The maximum Gasteiger partial charge on any atom is 0.270 e. The predicted molar refractivity (Wildman–Crippen MR) is 62.8 cm³/mol. The van der Waals surface area contributed by atoms with Crippen molar-refractivity contribution < 1.29 is 14.5 Å². The summed E-state index contributed by atoms with van der Waals surface area (Å²) in [6, 6.07) is 7.18. The van der Waals surface area contributed by atoms with Gasteiger partial charge in [0, 0.05) is 18.3 Å². The summed E-state index contributed by atoms with van der Waals surface area (Å²) in [6.45, 7) is 0. The molecule has 0 fully saturated rings. The number of aldehydes is 1. The molecular weight excluding hydrogens is 236 g/mol. The molecule has 0 spiro atoms. The molecule has 0 bridgehead atoms. The molecule has 6 nitrogen and oxygen atoms in total. The fourth-order valence-electron chi connectivity index (χ4n) is 1.37. The molecule has 18 heavy (non-hydrogen) atoms. The predicted octanol–water partition coefficient (Wildman–Crippen LogP) is 2.59. The zero-order valence-electron chi connectivity index (χ0n) is 9.15. The Balaban J connectivity index is 2.34. The van der Waals surface area contributed by atoms with Gasteiger partial charge in [-0.05, 0) is 18.2 Å². The monoisotopic (exact) mass is 244 g/mol. The second kappa shape index (κ2) is 5.05. The van der Waals surface area contributed by atoms with Gasteiger partial charge < -0.3 is 4.74 Å². The highest BCUT2D eigenvalue weighted by Gasteiger charge is 2.11. The molecule has 0 aliphatic carbocycles. The highest BCUT2D eigenvalue weighted by molar-refractivity contribution is 5.80. The van der Waals surface area contributed by atoms with E-state index in [1.165, 1.54) is 24.4 Å². The van der Waals surface area contributed by atoms with Crippen molar-refractivity contribution in [1.82, 2.24) is 4.98 Å². The molecule has 0 unspecified atom stereocenters. The Labute approximate surface area is 102 Å². The maximum atomic E-state index is 10.9. The third kappa shape index (κ3) is 2.49. The average molecular weight is 244 g/mol. The number of nitro groups is 1. The Morgan fingerprint density at radius 2 is 2.17 bits per heavy atom. The normalized spacial score (nSPS) is 9.78. The van der Waals surface area contributed by atoms with Crippen molar-refractivity contribution in [1.29, 1.82) is 0 Å². The van der Waals surface area contributed by atoms with E-state index in [0.29, 0.717) is 12.0 Å². The Morgan fingerprint density at radius 1 is 1.33 bits per heavy atom. The molecule has 0 N–H and O–H groups in total. The number of hydrogen-bond donors (Lipinski definition) is 0. The summed E-state index contributed by atoms with van der Waals surface area (Å²) in [5.41, 5.74) is -0.0383. The number of rotatable bonds is 4. The maximum absolute atomic E-state index is 10.9. The minimum Gasteiger partial charge on any atom is -0.455 e. The van der Waals surface area contributed by atoms with Crippen LogP contribution in [0.15, 0.2) is 42.7 Å². The van der Waals surface area contributed by atoms with Crippen LogP contribution in [0.25, 0.3) is 0 Å². The van der Waals surface area contributed by atoms with Crippen LogP contribution in [0.1, 0.15) is 10.4 Å². The fourth-order valence-corrected chi connectivity index (χ4v) is 1.37. The number of nitro benzene ring substituents is 1. The smallest absolute Gasteiger partial charge is 0.270 e. The Hall–Kier alpha value is -2.76. The Bertz CT molecular complexity index is 584. The summed E-state index contributed by atoms with van der Waals surface area (Å²) in [7, 11) is 0. The lowest BCUT2D eigenvalue weighted by atomic mass is 10.2. The first-order valence-electron chi connectivity index (χ1n) is 5.02. The summed E-state index contributed by atoms with van der Waals surface area (Å²) in [6.07, 6.45) is 3.58. The summed E-state index contributed by atoms with van der Waals surface area (Å²) in [5.74, 6) is 0.707. The van der Waals surface area contributed by atoms with E-state index in [1.54, 1.807) is 18.3 Å². The van der Waals surface area contributed by atoms with Crippen molar-refractivity contribution in [3.8, 4) is 11.5 Å². The highest BCUT2D eigenvalue weighted by atomic mass is 16.6. The van der Waals surface area contributed by atoms with Gasteiger partial charge in [0.25, 0.3) is 5.69 Å². The molecule has 0 aliphatic heterocycles. The van der Waals surface area contributed by atoms with Gasteiger partial charge in [0.1, 0.15) is 11.5 Å². The van der Waals surface area contributed by atoms with E-state index in [2.05, 4.69) is 4.98 Å². The minimum absolute atomic E-state index is 0.119. The van der Waals surface area contributed by atoms with E-state index in [9.17, 15) is 14.9 Å². The SMILES string of the molecule is O=Cc1cc([N+](=O)[O-])ccc1Oc1cccnc1. The molecule has 6 heteroatoms. The first kappa shape index (κ1) is 11.7. The zero-order chi connectivity index (χ0) is 13.0. The summed E-state index contributed by atoms with van der Waals surface area (Å²) in [5, 5.41) is 10.6. The van der Waals surface area contributed by atoms with Crippen molar-refractivity contribution >= 4 is 12.0 Å². The van der Waals surface area contributed by atoms with Crippen LogP contribution >= 0.6 is 0 Å². The van der Waals surface area contributed by atoms with Gasteiger partial charge in [-0.15, -0.1) is 0 Å². The molecule has 2 rings (SSSR count). The van der Waals surface area contributed by atoms with E-state index < -0.39 is 4.92 Å². The van der Waals surface area contributed by atoms with Crippen molar-refractivity contribution in [3.05, 3.63) is 58.4 Å². The van der Waals surface area contributed by atoms with Crippen molar-refractivity contribution in [3.63, 3.8) is 0 Å². The number of aromatic nitrogens is 1. The van der Waals surface area contributed by atoms with Gasteiger partial charge in [0.2, 0.25) is 0 Å². The van der Waals surface area contributed by atoms with E-state index in [1.807, 2.05) is 0 Å². The standard InChI is InChI=1S/C12H8N2O4/c15-8-9-6-10(14(16)17)3-4-12(9)18-11-2-1-5-13-7-11/h1-8H. The largest absolute Gasteiger partial charge is 0.455 e. The number of carbonyl (C=O) groups is 1. The van der Waals surface area contributed by atoms with Crippen LogP contribution in [0, 0.1) is 10.1 Å². The van der Waals surface area contributed by atoms with Crippen LogP contribution in [-0.4, -0.2) is 16.2 Å². The van der Waals surface area contributed by atoms with E-state index >= 15 is 0 Å². The number of nitrogens with zero attached hydrogens (tertiary/aromatic N) is 2. The second-order valence-corrected chi connectivity index (χ2v) is 3.39. The van der Waals surface area contributed by atoms with Crippen LogP contribution in [-0.2, 0) is 0 Å². The molecule has 1 aromatic heterocycles. The second-order valence-electron chi connectivity index (χ2n) is 3.39. The summed E-state index contributed by atoms with van der Waals surface area (Å²) >= 11 is 0. The zero-order valence-corrected chi connectivity index (χ0v) is 9.15. The number of hydrogen-bond acceptors (Lipinski definition) is 5. The van der Waals surface area contributed by atoms with Crippen LogP contribution in [0.4, 0.5) is 5.69 Å². The molecule has 0 amide bonds. The molecular formula is C12H8N2O4. The number of benzene rings is 1. The first-order chi connectivity index (χ1) is 8.70. The molecule has 2 aromatic rings. The summed E-state index contributed by atoms with van der Waals surface area (Å²) < 4.78 is 5.42. The van der Waals surface area contributed by atoms with Crippen LogP contribution < -0.4 is 4.74 Å². The van der Waals surface area contributed by atoms with Crippen LogP contribution in [0.5, 0.6) is 11.5 Å². The molecule has 0 saturated heterocycles. The molecule has 1 heterocycles. The van der Waals surface area contributed by atoms with E-state index in [-0.39, 0.29) is 17.0 Å². The molecule has 1 aromatic carbocycles. The molecule has 90 valence electrons. The van der Waals surface area contributed by atoms with Crippen LogP contribution in [0.3, 0.4) is 0 Å². The van der Waals surface area contributed by atoms with Crippen molar-refractivity contribution in [2.24, 2.45) is 0 Å². The fraction of sp³-hybridized carbons (Fsp3) is 0. The lowest BCUT2D eigenvalue weighted by Gasteiger charge is -2.06. The lowest BCUT2D eigenvalue weighted by Crippen LogP contribution is -1.94. The molecule has 0 aliphatic rings. The summed E-state index contributed by atoms with van der Waals surface area (Å²) in [4.78, 5) is 24.7. The lowest BCUT2D eigenvalue weighted by molar-refractivity contribution is -0.384. The molecule has 0 atom stereocenters. The number of pyridine rings is 1. The van der Waals surface area contributed by atoms with Gasteiger partial charge >= 0.3 is 0 Å². The van der Waals surface area contributed by atoms with Gasteiger partial charge in [-0.25, -0.2) is 0 Å². The highest BCUT2D eigenvalue weighted by Crippen LogP contribution is 2.27. The minimum atomic E-state index is -0.569. The average Bonchev–Trinajstić information content (AvgIpc) is 2.40. The van der Waals surface area contributed by atoms with E-state index in [4.69, 9.17) is 4.74 Å². The van der Waals surface area contributed by atoms with Crippen LogP contribution in [0.2, 0.25) is 0 Å². The number of non-ortho nitro benzene ring substituents is 1. The molecule has 0 radical (unpaired) electrons. The van der Waals surface area contributed by atoms with Crippen molar-refractivity contribution in [2.75, 3.05) is 0 Å². The van der Waals surface area contributed by atoms with Gasteiger partial charge in [0.15, 0.2) is 6.29 Å². The van der Waals surface area contributed by atoms with E-state index in [0.717, 1.165) is 0 Å². The van der Waals surface area contributed by atoms with Gasteiger partial charge in [-0.1, -0.05) is 0 Å². The molecule has 0 saturated carbocycles. The van der Waals surface area contributed by atoms with Crippen molar-refractivity contribution in [2.45, 2.75) is 0 Å². The Kier molecular flexibility index (Phi) is 3.29. The first-order valence-corrected chi connectivity index (χ1v) is 5.02. The van der Waals surface area contributed by atoms with Gasteiger partial charge in [-0.2, -0.15) is 0 Å². The Morgan fingerprint density at radius 3 is 2.78 bits per heavy atom. The third-order valence-electron chi connectivity index (χ3n) is 2.19. The third-order valence-corrected chi connectivity index (χ3v) is 2.19. The van der Waals surface area contributed by atoms with Gasteiger partial charge in [-0.3, -0.25) is 19.9 Å². The van der Waals surface area contributed by atoms with Gasteiger partial charge in [0.05, 0.1) is 16.7 Å².